The van der Waals surface area contributed by atoms with E-state index in [9.17, 15) is 8.42 Å². The van der Waals surface area contributed by atoms with Crippen molar-refractivity contribution in [3.8, 4) is 0 Å². The van der Waals surface area contributed by atoms with E-state index in [-0.39, 0.29) is 6.54 Å². The van der Waals surface area contributed by atoms with E-state index < -0.39 is 10.3 Å². The third-order valence-electron chi connectivity index (χ3n) is 1.49. The molecule has 0 bridgehead atoms. The number of benzene rings is 1. The standard InChI is InChI=1S/C9H11NO3S/c11-14(12,13)10-8-4-7-9-5-2-1-3-6-9/h1-7,10H,8H2,(H,11,12,13)/b7-4+. The first kappa shape index (κ1) is 10.9. The molecular formula is C9H11NO3S. The Hall–Kier alpha value is -1.17. The van der Waals surface area contributed by atoms with Crippen LogP contribution in [0.1, 0.15) is 5.56 Å². The third-order valence-corrected chi connectivity index (χ3v) is 2.02. The monoisotopic (exact) mass is 213 g/mol. The summed E-state index contributed by atoms with van der Waals surface area (Å²) in [5.41, 5.74) is 0.977. The van der Waals surface area contributed by atoms with E-state index in [4.69, 9.17) is 4.55 Å². The van der Waals surface area contributed by atoms with Gasteiger partial charge >= 0.3 is 10.3 Å². The zero-order chi connectivity index (χ0) is 10.4. The second-order valence-corrected chi connectivity index (χ2v) is 3.88. The van der Waals surface area contributed by atoms with Gasteiger partial charge in [0.2, 0.25) is 0 Å². The predicted octanol–water partition coefficient (Wildman–Crippen LogP) is 1.09. The van der Waals surface area contributed by atoms with Crippen molar-refractivity contribution in [1.82, 2.24) is 4.72 Å². The molecule has 2 N–H and O–H groups in total. The number of hydrogen-bond donors (Lipinski definition) is 2. The van der Waals surface area contributed by atoms with Gasteiger partial charge in [-0.1, -0.05) is 42.5 Å². The van der Waals surface area contributed by atoms with E-state index in [2.05, 4.69) is 0 Å². The SMILES string of the molecule is O=S(=O)(O)NC/C=C/c1ccccc1. The summed E-state index contributed by atoms with van der Waals surface area (Å²) in [6.45, 7) is 0.0771. The van der Waals surface area contributed by atoms with Crippen LogP contribution in [0.4, 0.5) is 0 Å². The first-order valence-electron chi connectivity index (χ1n) is 4.01. The molecule has 0 aliphatic carbocycles. The van der Waals surface area contributed by atoms with E-state index in [0.717, 1.165) is 5.56 Å². The molecule has 0 aromatic heterocycles. The van der Waals surface area contributed by atoms with E-state index in [1.165, 1.54) is 0 Å². The van der Waals surface area contributed by atoms with Crippen molar-refractivity contribution in [2.75, 3.05) is 6.54 Å². The molecule has 0 spiro atoms. The van der Waals surface area contributed by atoms with E-state index in [1.54, 1.807) is 12.2 Å². The van der Waals surface area contributed by atoms with Gasteiger partial charge in [0, 0.05) is 6.54 Å². The highest BCUT2D eigenvalue weighted by atomic mass is 32.2. The Kier molecular flexibility index (Phi) is 3.82. The summed E-state index contributed by atoms with van der Waals surface area (Å²) in [4.78, 5) is 0. The Bertz CT molecular complexity index is 397. The molecule has 0 saturated heterocycles. The molecule has 0 heterocycles. The maximum absolute atomic E-state index is 10.3. The van der Waals surface area contributed by atoms with Gasteiger partial charge in [-0.2, -0.15) is 13.1 Å². The van der Waals surface area contributed by atoms with E-state index >= 15 is 0 Å². The number of rotatable bonds is 4. The van der Waals surface area contributed by atoms with Gasteiger partial charge in [0.15, 0.2) is 0 Å². The summed E-state index contributed by atoms with van der Waals surface area (Å²) in [5.74, 6) is 0. The minimum Gasteiger partial charge on any atom is -0.273 e. The average Bonchev–Trinajstić information content (AvgIpc) is 2.13. The molecule has 1 aromatic carbocycles. The lowest BCUT2D eigenvalue weighted by Gasteiger charge is -1.94. The molecule has 0 aliphatic heterocycles. The van der Waals surface area contributed by atoms with Crippen LogP contribution in [-0.2, 0) is 10.3 Å². The van der Waals surface area contributed by atoms with Crippen LogP contribution in [0.2, 0.25) is 0 Å². The molecule has 76 valence electrons. The molecule has 0 aliphatic rings. The van der Waals surface area contributed by atoms with Crippen molar-refractivity contribution in [3.05, 3.63) is 42.0 Å². The highest BCUT2D eigenvalue weighted by molar-refractivity contribution is 7.83. The highest BCUT2D eigenvalue weighted by Gasteiger charge is 1.97. The second-order valence-electron chi connectivity index (χ2n) is 2.64. The molecule has 4 nitrogen and oxygen atoms in total. The topological polar surface area (TPSA) is 66.4 Å². The fourth-order valence-electron chi connectivity index (χ4n) is 0.913. The van der Waals surface area contributed by atoms with Crippen LogP contribution in [0.25, 0.3) is 6.08 Å². The van der Waals surface area contributed by atoms with Gasteiger partial charge in [-0.25, -0.2) is 0 Å². The lowest BCUT2D eigenvalue weighted by Crippen LogP contribution is -2.22. The Morgan fingerprint density at radius 2 is 1.93 bits per heavy atom. The van der Waals surface area contributed by atoms with Gasteiger partial charge in [0.1, 0.15) is 0 Å². The normalized spacial score (nSPS) is 12.1. The molecule has 14 heavy (non-hydrogen) atoms. The van der Waals surface area contributed by atoms with Crippen molar-refractivity contribution in [3.63, 3.8) is 0 Å². The summed E-state index contributed by atoms with van der Waals surface area (Å²) in [6, 6.07) is 9.45. The van der Waals surface area contributed by atoms with Gasteiger partial charge in [0.25, 0.3) is 0 Å². The molecule has 1 aromatic rings. The quantitative estimate of drug-likeness (QED) is 0.736. The Balaban J connectivity index is 2.43. The first-order chi connectivity index (χ1) is 6.58. The Morgan fingerprint density at radius 1 is 1.29 bits per heavy atom. The summed E-state index contributed by atoms with van der Waals surface area (Å²) in [7, 11) is -4.08. The van der Waals surface area contributed by atoms with E-state index in [1.807, 2.05) is 35.1 Å². The van der Waals surface area contributed by atoms with Crippen molar-refractivity contribution < 1.29 is 13.0 Å². The van der Waals surface area contributed by atoms with E-state index in [0.29, 0.717) is 0 Å². The summed E-state index contributed by atoms with van der Waals surface area (Å²) >= 11 is 0. The Labute approximate surface area is 83.2 Å². The molecular weight excluding hydrogens is 202 g/mol. The zero-order valence-electron chi connectivity index (χ0n) is 7.42. The van der Waals surface area contributed by atoms with Crippen molar-refractivity contribution in [1.29, 1.82) is 0 Å². The maximum Gasteiger partial charge on any atom is 0.333 e. The van der Waals surface area contributed by atoms with Crippen molar-refractivity contribution >= 4 is 16.4 Å². The molecule has 0 unspecified atom stereocenters. The van der Waals surface area contributed by atoms with Gasteiger partial charge < -0.3 is 0 Å². The molecule has 0 amide bonds. The molecule has 0 radical (unpaired) electrons. The van der Waals surface area contributed by atoms with Crippen LogP contribution in [0.3, 0.4) is 0 Å². The minimum absolute atomic E-state index is 0.0771. The molecule has 1 rings (SSSR count). The van der Waals surface area contributed by atoms with Crippen LogP contribution in [0.15, 0.2) is 36.4 Å². The predicted molar refractivity (Wildman–Crippen MR) is 55.0 cm³/mol. The smallest absolute Gasteiger partial charge is 0.273 e. The highest BCUT2D eigenvalue weighted by Crippen LogP contribution is 1.99. The van der Waals surface area contributed by atoms with Crippen molar-refractivity contribution in [2.24, 2.45) is 0 Å². The molecule has 0 saturated carbocycles. The molecule has 0 fully saturated rings. The number of hydrogen-bond acceptors (Lipinski definition) is 2. The lowest BCUT2D eigenvalue weighted by atomic mass is 10.2. The number of nitrogens with one attached hydrogen (secondary N) is 1. The summed E-state index contributed by atoms with van der Waals surface area (Å²) in [6.07, 6.45) is 3.38. The fraction of sp³-hybridized carbons (Fsp3) is 0.111. The maximum atomic E-state index is 10.3. The molecule has 5 heteroatoms. The van der Waals surface area contributed by atoms with Crippen LogP contribution in [0, 0.1) is 0 Å². The van der Waals surface area contributed by atoms with Crippen LogP contribution in [0.5, 0.6) is 0 Å². The second kappa shape index (κ2) is 4.90. The zero-order valence-corrected chi connectivity index (χ0v) is 8.24. The third kappa shape index (κ3) is 4.76. The molecule has 0 atom stereocenters. The van der Waals surface area contributed by atoms with Crippen LogP contribution < -0.4 is 4.72 Å². The van der Waals surface area contributed by atoms with Gasteiger partial charge in [-0.05, 0) is 5.56 Å². The lowest BCUT2D eigenvalue weighted by molar-refractivity contribution is 0.471. The van der Waals surface area contributed by atoms with Crippen LogP contribution >= 0.6 is 0 Å². The van der Waals surface area contributed by atoms with Gasteiger partial charge in [0.05, 0.1) is 0 Å². The van der Waals surface area contributed by atoms with Gasteiger partial charge in [-0.3, -0.25) is 4.55 Å². The average molecular weight is 213 g/mol. The summed E-state index contributed by atoms with van der Waals surface area (Å²) < 4.78 is 30.8. The van der Waals surface area contributed by atoms with Crippen LogP contribution in [-0.4, -0.2) is 19.5 Å². The Morgan fingerprint density at radius 3 is 2.50 bits per heavy atom. The van der Waals surface area contributed by atoms with Crippen molar-refractivity contribution in [2.45, 2.75) is 0 Å². The summed E-state index contributed by atoms with van der Waals surface area (Å²) in [5, 5.41) is 0. The first-order valence-corrected chi connectivity index (χ1v) is 5.45. The fourth-order valence-corrected chi connectivity index (χ4v) is 1.22. The largest absolute Gasteiger partial charge is 0.333 e. The minimum atomic E-state index is -4.08. The van der Waals surface area contributed by atoms with Gasteiger partial charge in [-0.15, -0.1) is 0 Å².